The van der Waals surface area contributed by atoms with Gasteiger partial charge in [-0.3, -0.25) is 0 Å². The molecule has 0 unspecified atom stereocenters. The highest BCUT2D eigenvalue weighted by atomic mass is 15.4. The van der Waals surface area contributed by atoms with E-state index in [4.69, 9.17) is 10.2 Å². The van der Waals surface area contributed by atoms with Gasteiger partial charge >= 0.3 is 0 Å². The van der Waals surface area contributed by atoms with Crippen LogP contribution in [0, 0.1) is 0 Å². The number of hydrogen-bond donors (Lipinski definition) is 0. The highest BCUT2D eigenvalue weighted by Gasteiger charge is 2.24. The van der Waals surface area contributed by atoms with E-state index in [1.165, 1.54) is 12.8 Å². The van der Waals surface area contributed by atoms with Gasteiger partial charge in [0.15, 0.2) is 0 Å². The lowest BCUT2D eigenvalue weighted by atomic mass is 10.1. The molecule has 33 heavy (non-hydrogen) atoms. The Bertz CT molecular complexity index is 1350. The van der Waals surface area contributed by atoms with E-state index in [1.54, 1.807) is 0 Å². The molecule has 0 aliphatic carbocycles. The van der Waals surface area contributed by atoms with Crippen molar-refractivity contribution >= 4 is 5.69 Å². The first kappa shape index (κ1) is 19.6. The molecule has 5 aromatic rings. The molecule has 1 saturated heterocycles. The van der Waals surface area contributed by atoms with Crippen LogP contribution >= 0.6 is 0 Å². The van der Waals surface area contributed by atoms with E-state index in [1.807, 2.05) is 45.9 Å². The van der Waals surface area contributed by atoms with Gasteiger partial charge < -0.3 is 4.90 Å². The van der Waals surface area contributed by atoms with Crippen LogP contribution in [0.5, 0.6) is 0 Å². The zero-order valence-electron chi connectivity index (χ0n) is 18.4. The van der Waals surface area contributed by atoms with Gasteiger partial charge in [-0.2, -0.15) is 10.2 Å². The molecule has 5 heteroatoms. The third-order valence-corrected chi connectivity index (χ3v) is 6.22. The topological polar surface area (TPSA) is 38.9 Å². The summed E-state index contributed by atoms with van der Waals surface area (Å²) in [6.07, 6.45) is 6.61. The van der Waals surface area contributed by atoms with Crippen molar-refractivity contribution in [2.75, 3.05) is 18.0 Å². The number of hydrogen-bond acceptors (Lipinski definition) is 3. The molecule has 1 aliphatic rings. The Morgan fingerprint density at radius 2 is 1.24 bits per heavy atom. The summed E-state index contributed by atoms with van der Waals surface area (Å²) in [4.78, 5) is 2.41. The SMILES string of the molecule is c1ccc(-c2nn(-c3ccccc3)c(-c3ccccc3)c2-n2cc(N3CCCC3)cn2)cc1. The number of para-hydroxylation sites is 1. The van der Waals surface area contributed by atoms with E-state index >= 15 is 0 Å². The van der Waals surface area contributed by atoms with Crippen LogP contribution in [0.4, 0.5) is 5.69 Å². The molecule has 3 aromatic carbocycles. The van der Waals surface area contributed by atoms with Crippen molar-refractivity contribution in [2.24, 2.45) is 0 Å². The Morgan fingerprint density at radius 3 is 1.91 bits per heavy atom. The van der Waals surface area contributed by atoms with Crippen molar-refractivity contribution < 1.29 is 0 Å². The molecule has 0 radical (unpaired) electrons. The second-order valence-corrected chi connectivity index (χ2v) is 8.36. The third kappa shape index (κ3) is 3.61. The van der Waals surface area contributed by atoms with Crippen LogP contribution in [-0.2, 0) is 0 Å². The zero-order valence-corrected chi connectivity index (χ0v) is 18.4. The minimum atomic E-state index is 0.911. The summed E-state index contributed by atoms with van der Waals surface area (Å²) in [7, 11) is 0. The molecule has 0 atom stereocenters. The van der Waals surface area contributed by atoms with Crippen LogP contribution < -0.4 is 4.90 Å². The predicted molar refractivity (Wildman–Crippen MR) is 133 cm³/mol. The number of aromatic nitrogens is 4. The first-order chi connectivity index (χ1) is 16.4. The molecule has 6 rings (SSSR count). The molecule has 2 aromatic heterocycles. The summed E-state index contributed by atoms with van der Waals surface area (Å²) in [5.74, 6) is 0. The van der Waals surface area contributed by atoms with E-state index < -0.39 is 0 Å². The Kier molecular flexibility index (Phi) is 5.00. The quantitative estimate of drug-likeness (QED) is 0.343. The van der Waals surface area contributed by atoms with Crippen molar-refractivity contribution in [2.45, 2.75) is 12.8 Å². The summed E-state index contributed by atoms with van der Waals surface area (Å²) in [6, 6.07) is 31.2. The zero-order chi connectivity index (χ0) is 22.0. The average Bonchev–Trinajstić information content (AvgIpc) is 3.65. The van der Waals surface area contributed by atoms with Crippen molar-refractivity contribution in [3.05, 3.63) is 103 Å². The number of nitrogens with zero attached hydrogens (tertiary/aromatic N) is 5. The third-order valence-electron chi connectivity index (χ3n) is 6.22. The standard InChI is InChI=1S/C28H25N5/c1-4-12-22(13-5-1)26-28(32-21-25(20-29-32)31-18-10-11-19-31)27(23-14-6-2-7-15-23)33(30-26)24-16-8-3-9-17-24/h1-9,12-17,20-21H,10-11,18-19H2. The molecule has 0 amide bonds. The van der Waals surface area contributed by atoms with E-state index in [0.717, 1.165) is 52.7 Å². The van der Waals surface area contributed by atoms with E-state index in [9.17, 15) is 0 Å². The number of rotatable bonds is 5. The molecule has 3 heterocycles. The van der Waals surface area contributed by atoms with Crippen LogP contribution in [-0.4, -0.2) is 32.7 Å². The lowest BCUT2D eigenvalue weighted by Gasteiger charge is -2.14. The van der Waals surface area contributed by atoms with Gasteiger partial charge in [-0.25, -0.2) is 9.36 Å². The maximum Gasteiger partial charge on any atom is 0.119 e. The van der Waals surface area contributed by atoms with Crippen LogP contribution in [0.2, 0.25) is 0 Å². The van der Waals surface area contributed by atoms with Gasteiger partial charge in [0.1, 0.15) is 17.1 Å². The van der Waals surface area contributed by atoms with Gasteiger partial charge in [0.25, 0.3) is 0 Å². The summed E-state index contributed by atoms with van der Waals surface area (Å²) in [5.41, 5.74) is 7.28. The van der Waals surface area contributed by atoms with Crippen LogP contribution in [0.3, 0.4) is 0 Å². The monoisotopic (exact) mass is 431 g/mol. The molecule has 1 fully saturated rings. The molecule has 162 valence electrons. The summed E-state index contributed by atoms with van der Waals surface area (Å²) in [5, 5.41) is 9.98. The lowest BCUT2D eigenvalue weighted by molar-refractivity contribution is 0.875. The van der Waals surface area contributed by atoms with Gasteiger partial charge in [-0.05, 0) is 25.0 Å². The Balaban J connectivity index is 1.63. The van der Waals surface area contributed by atoms with Crippen molar-refractivity contribution in [1.82, 2.24) is 19.6 Å². The second kappa shape index (κ2) is 8.43. The fourth-order valence-electron chi connectivity index (χ4n) is 4.60. The lowest BCUT2D eigenvalue weighted by Crippen LogP contribution is -2.16. The normalized spacial score (nSPS) is 13.5. The fourth-order valence-corrected chi connectivity index (χ4v) is 4.60. The van der Waals surface area contributed by atoms with Gasteiger partial charge in [-0.1, -0.05) is 78.9 Å². The molecule has 0 saturated carbocycles. The van der Waals surface area contributed by atoms with Crippen molar-refractivity contribution in [3.63, 3.8) is 0 Å². The number of benzene rings is 3. The molecule has 0 spiro atoms. The first-order valence-corrected chi connectivity index (χ1v) is 11.5. The van der Waals surface area contributed by atoms with Gasteiger partial charge in [-0.15, -0.1) is 0 Å². The van der Waals surface area contributed by atoms with Crippen LogP contribution in [0.25, 0.3) is 33.9 Å². The summed E-state index contributed by atoms with van der Waals surface area (Å²) >= 11 is 0. The predicted octanol–water partition coefficient (Wildman–Crippen LogP) is 5.99. The maximum atomic E-state index is 5.15. The molecular formula is C28H25N5. The van der Waals surface area contributed by atoms with Crippen LogP contribution in [0.1, 0.15) is 12.8 Å². The average molecular weight is 432 g/mol. The molecule has 0 bridgehead atoms. The summed E-state index contributed by atoms with van der Waals surface area (Å²) < 4.78 is 4.05. The maximum absolute atomic E-state index is 5.15. The molecule has 1 aliphatic heterocycles. The Labute approximate surface area is 193 Å². The Morgan fingerprint density at radius 1 is 0.636 bits per heavy atom. The second-order valence-electron chi connectivity index (χ2n) is 8.36. The summed E-state index contributed by atoms with van der Waals surface area (Å²) in [6.45, 7) is 2.18. The van der Waals surface area contributed by atoms with Gasteiger partial charge in [0.2, 0.25) is 0 Å². The molecular weight excluding hydrogens is 406 g/mol. The smallest absolute Gasteiger partial charge is 0.119 e. The highest BCUT2D eigenvalue weighted by Crippen LogP contribution is 2.37. The highest BCUT2D eigenvalue weighted by molar-refractivity contribution is 5.83. The van der Waals surface area contributed by atoms with Crippen molar-refractivity contribution in [1.29, 1.82) is 0 Å². The van der Waals surface area contributed by atoms with Gasteiger partial charge in [0.05, 0.1) is 23.8 Å². The van der Waals surface area contributed by atoms with Gasteiger partial charge in [0, 0.05) is 24.2 Å². The van der Waals surface area contributed by atoms with E-state index in [-0.39, 0.29) is 0 Å². The minimum absolute atomic E-state index is 0.911. The largest absolute Gasteiger partial charge is 0.369 e. The molecule has 0 N–H and O–H groups in total. The van der Waals surface area contributed by atoms with E-state index in [2.05, 4.69) is 71.8 Å². The number of anilines is 1. The van der Waals surface area contributed by atoms with Crippen LogP contribution in [0.15, 0.2) is 103 Å². The minimum Gasteiger partial charge on any atom is -0.369 e. The Hall–Kier alpha value is -4.12. The van der Waals surface area contributed by atoms with E-state index in [0.29, 0.717) is 0 Å². The fraction of sp³-hybridized carbons (Fsp3) is 0.143. The van der Waals surface area contributed by atoms with Crippen molar-refractivity contribution in [3.8, 4) is 33.9 Å². The molecule has 5 nitrogen and oxygen atoms in total. The first-order valence-electron chi connectivity index (χ1n) is 11.5.